The molecule has 1 aliphatic carbocycles. The number of nitrogens with zero attached hydrogens (tertiary/aromatic N) is 2. The second-order valence-corrected chi connectivity index (χ2v) is 10.7. The Morgan fingerprint density at radius 3 is 2.27 bits per heavy atom. The Morgan fingerprint density at radius 1 is 0.939 bits per heavy atom. The van der Waals surface area contributed by atoms with E-state index < -0.39 is 0 Å². The second kappa shape index (κ2) is 13.7. The van der Waals surface area contributed by atoms with E-state index >= 15 is 0 Å². The Balaban J connectivity index is 1.45. The van der Waals surface area contributed by atoms with Crippen LogP contribution in [-0.2, 0) is 6.42 Å². The molecule has 0 spiro atoms. The molecule has 1 atom stereocenters. The molecule has 0 N–H and O–H groups in total. The average Bonchev–Trinajstić information content (AvgIpc) is 2.84. The van der Waals surface area contributed by atoms with Crippen LogP contribution in [-0.4, -0.2) is 9.97 Å². The molecule has 2 heteroatoms. The summed E-state index contributed by atoms with van der Waals surface area (Å²) in [5, 5.41) is 0. The predicted octanol–water partition coefficient (Wildman–Crippen LogP) is 9.31. The van der Waals surface area contributed by atoms with Gasteiger partial charge in [0.2, 0.25) is 0 Å². The summed E-state index contributed by atoms with van der Waals surface area (Å²) in [6.45, 7) is 9.05. The molecule has 0 unspecified atom stereocenters. The lowest BCUT2D eigenvalue weighted by Gasteiger charge is -2.27. The lowest BCUT2D eigenvalue weighted by atomic mass is 9.79. The van der Waals surface area contributed by atoms with Crippen molar-refractivity contribution in [3.63, 3.8) is 0 Å². The highest BCUT2D eigenvalue weighted by Gasteiger charge is 2.23. The summed E-state index contributed by atoms with van der Waals surface area (Å²) in [6, 6.07) is 9.05. The van der Waals surface area contributed by atoms with Crippen LogP contribution in [0.2, 0.25) is 0 Å². The summed E-state index contributed by atoms with van der Waals surface area (Å²) in [7, 11) is 0. The maximum atomic E-state index is 4.79. The van der Waals surface area contributed by atoms with Crippen LogP contribution in [0.5, 0.6) is 0 Å². The summed E-state index contributed by atoms with van der Waals surface area (Å²) < 4.78 is 0. The predicted molar refractivity (Wildman–Crippen MR) is 142 cm³/mol. The SMILES string of the molecule is CCCCC[C@H]1CC[C@H](c2ncc(-c3ccc(CC[C@@H](C)CCC=C(C)C)cc3)cn2)CC1. The molecular formula is C31H46N2. The zero-order valence-electron chi connectivity index (χ0n) is 21.7. The molecule has 2 aromatic rings. The first-order valence-corrected chi connectivity index (χ1v) is 13.6. The van der Waals surface area contributed by atoms with E-state index in [0.29, 0.717) is 5.92 Å². The lowest BCUT2D eigenvalue weighted by Crippen LogP contribution is -2.15. The topological polar surface area (TPSA) is 25.8 Å². The van der Waals surface area contributed by atoms with Gasteiger partial charge in [-0.1, -0.05) is 75.4 Å². The normalized spacial score (nSPS) is 19.3. The van der Waals surface area contributed by atoms with Gasteiger partial charge in [0.1, 0.15) is 5.82 Å². The summed E-state index contributed by atoms with van der Waals surface area (Å²) >= 11 is 0. The molecule has 1 aromatic carbocycles. The van der Waals surface area contributed by atoms with Gasteiger partial charge in [0.25, 0.3) is 0 Å². The molecule has 0 radical (unpaired) electrons. The molecule has 0 amide bonds. The molecule has 33 heavy (non-hydrogen) atoms. The van der Waals surface area contributed by atoms with E-state index in [-0.39, 0.29) is 0 Å². The first-order valence-electron chi connectivity index (χ1n) is 13.6. The Bertz CT molecular complexity index is 822. The Kier molecular flexibility index (Phi) is 10.6. The van der Waals surface area contributed by atoms with E-state index in [9.17, 15) is 0 Å². The summed E-state index contributed by atoms with van der Waals surface area (Å²) in [5.74, 6) is 3.32. The third-order valence-corrected chi connectivity index (χ3v) is 7.52. The van der Waals surface area contributed by atoms with Gasteiger partial charge < -0.3 is 0 Å². The third-order valence-electron chi connectivity index (χ3n) is 7.52. The van der Waals surface area contributed by atoms with Gasteiger partial charge >= 0.3 is 0 Å². The van der Waals surface area contributed by atoms with E-state index in [0.717, 1.165) is 29.6 Å². The van der Waals surface area contributed by atoms with Gasteiger partial charge in [-0.05, 0) is 88.2 Å². The maximum absolute atomic E-state index is 4.79. The minimum atomic E-state index is 0.558. The van der Waals surface area contributed by atoms with Crippen molar-refractivity contribution in [2.45, 2.75) is 111 Å². The first kappa shape index (κ1) is 25.7. The Morgan fingerprint density at radius 2 is 1.64 bits per heavy atom. The molecular weight excluding hydrogens is 400 g/mol. The van der Waals surface area contributed by atoms with Crippen LogP contribution in [0.25, 0.3) is 11.1 Å². The monoisotopic (exact) mass is 446 g/mol. The fourth-order valence-corrected chi connectivity index (χ4v) is 5.17. The quantitative estimate of drug-likeness (QED) is 0.240. The molecule has 3 rings (SSSR count). The van der Waals surface area contributed by atoms with E-state index in [1.165, 1.54) is 87.3 Å². The summed E-state index contributed by atoms with van der Waals surface area (Å²) in [5.41, 5.74) is 5.22. The van der Waals surface area contributed by atoms with Crippen molar-refractivity contribution in [3.05, 3.63) is 59.7 Å². The highest BCUT2D eigenvalue weighted by atomic mass is 14.9. The minimum Gasteiger partial charge on any atom is -0.240 e. The van der Waals surface area contributed by atoms with Gasteiger partial charge in [0, 0.05) is 23.9 Å². The third kappa shape index (κ3) is 8.72. The molecule has 2 nitrogen and oxygen atoms in total. The lowest BCUT2D eigenvalue weighted by molar-refractivity contribution is 0.297. The van der Waals surface area contributed by atoms with Crippen LogP contribution in [0.1, 0.15) is 116 Å². The summed E-state index contributed by atoms with van der Waals surface area (Å²) in [4.78, 5) is 9.57. The molecule has 1 aromatic heterocycles. The highest BCUT2D eigenvalue weighted by Crippen LogP contribution is 2.36. The molecule has 1 fully saturated rings. The average molecular weight is 447 g/mol. The Labute approximate surface area is 203 Å². The smallest absolute Gasteiger partial charge is 0.131 e. The van der Waals surface area contributed by atoms with Crippen molar-refractivity contribution in [3.8, 4) is 11.1 Å². The van der Waals surface area contributed by atoms with Crippen molar-refractivity contribution in [2.75, 3.05) is 0 Å². The number of allylic oxidation sites excluding steroid dienone is 2. The number of benzene rings is 1. The van der Waals surface area contributed by atoms with Gasteiger partial charge in [-0.15, -0.1) is 0 Å². The van der Waals surface area contributed by atoms with Crippen molar-refractivity contribution < 1.29 is 0 Å². The van der Waals surface area contributed by atoms with E-state index in [2.05, 4.69) is 58.0 Å². The van der Waals surface area contributed by atoms with Gasteiger partial charge in [0.05, 0.1) is 0 Å². The van der Waals surface area contributed by atoms with Crippen molar-refractivity contribution in [2.24, 2.45) is 11.8 Å². The molecule has 1 aliphatic rings. The van der Waals surface area contributed by atoms with Crippen molar-refractivity contribution in [1.82, 2.24) is 9.97 Å². The van der Waals surface area contributed by atoms with Crippen LogP contribution in [0.15, 0.2) is 48.3 Å². The van der Waals surface area contributed by atoms with Gasteiger partial charge in [-0.2, -0.15) is 0 Å². The number of hydrogen-bond donors (Lipinski definition) is 0. The zero-order chi connectivity index (χ0) is 23.5. The van der Waals surface area contributed by atoms with Crippen LogP contribution in [0.3, 0.4) is 0 Å². The number of aryl methyl sites for hydroxylation is 1. The number of rotatable bonds is 12. The van der Waals surface area contributed by atoms with Gasteiger partial charge in [0.15, 0.2) is 0 Å². The molecule has 1 saturated carbocycles. The minimum absolute atomic E-state index is 0.558. The van der Waals surface area contributed by atoms with Crippen LogP contribution >= 0.6 is 0 Å². The van der Waals surface area contributed by atoms with E-state index in [1.807, 2.05) is 12.4 Å². The molecule has 0 aliphatic heterocycles. The van der Waals surface area contributed by atoms with Gasteiger partial charge in [-0.3, -0.25) is 0 Å². The van der Waals surface area contributed by atoms with Crippen LogP contribution in [0, 0.1) is 11.8 Å². The van der Waals surface area contributed by atoms with Gasteiger partial charge in [-0.25, -0.2) is 9.97 Å². The number of hydrogen-bond acceptors (Lipinski definition) is 2. The summed E-state index contributed by atoms with van der Waals surface area (Å²) in [6.07, 6.45) is 22.1. The molecule has 0 saturated heterocycles. The maximum Gasteiger partial charge on any atom is 0.131 e. The molecule has 1 heterocycles. The fourth-order valence-electron chi connectivity index (χ4n) is 5.17. The van der Waals surface area contributed by atoms with Crippen molar-refractivity contribution >= 4 is 0 Å². The van der Waals surface area contributed by atoms with Crippen LogP contribution in [0.4, 0.5) is 0 Å². The van der Waals surface area contributed by atoms with E-state index in [1.54, 1.807) is 0 Å². The molecule has 0 bridgehead atoms. The largest absolute Gasteiger partial charge is 0.240 e. The highest BCUT2D eigenvalue weighted by molar-refractivity contribution is 5.61. The molecule has 180 valence electrons. The van der Waals surface area contributed by atoms with Crippen molar-refractivity contribution in [1.29, 1.82) is 0 Å². The Hall–Kier alpha value is -1.96. The standard InChI is InChI=1S/C31H46N2/c1-5-6-7-11-26-16-20-29(21-17-26)31-32-22-30(23-33-31)28-18-14-27(15-19-28)13-12-25(4)10-8-9-24(2)3/h9,14-15,18-19,22-23,25-26,29H,5-8,10-13,16-17,20-21H2,1-4H3/t25-,26-,29-/m0/s1. The fraction of sp³-hybridized carbons (Fsp3) is 0.613. The van der Waals surface area contributed by atoms with Crippen LogP contribution < -0.4 is 0 Å². The zero-order valence-corrected chi connectivity index (χ0v) is 21.7. The number of aromatic nitrogens is 2. The van der Waals surface area contributed by atoms with E-state index in [4.69, 9.17) is 9.97 Å². The first-order chi connectivity index (χ1) is 16.0. The number of unbranched alkanes of at least 4 members (excludes halogenated alkanes) is 2. The second-order valence-electron chi connectivity index (χ2n) is 10.7.